The Hall–Kier alpha value is -2.48. The molecule has 1 rings (SSSR count). The van der Waals surface area contributed by atoms with E-state index in [-0.39, 0.29) is 5.56 Å². The zero-order valence-electron chi connectivity index (χ0n) is 14.7. The van der Waals surface area contributed by atoms with Crippen molar-refractivity contribution in [1.82, 2.24) is 0 Å². The summed E-state index contributed by atoms with van der Waals surface area (Å²) in [5, 5.41) is 9.49. The quantitative estimate of drug-likeness (QED) is 0.845. The highest BCUT2D eigenvalue weighted by molar-refractivity contribution is 5.98. The van der Waals surface area contributed by atoms with Gasteiger partial charge in [0, 0.05) is 12.6 Å². The first-order valence-electron chi connectivity index (χ1n) is 7.22. The van der Waals surface area contributed by atoms with Crippen LogP contribution in [0, 0.1) is 33.1 Å². The lowest BCUT2D eigenvalue weighted by atomic mass is 9.91. The molecule has 1 aromatic carbocycles. The molecule has 1 amide bonds. The molecule has 0 aliphatic carbocycles. The molecule has 0 saturated carbocycles. The summed E-state index contributed by atoms with van der Waals surface area (Å²) in [6.07, 6.45) is 4.98. The van der Waals surface area contributed by atoms with Gasteiger partial charge in [-0.05, 0) is 58.2 Å². The predicted octanol–water partition coefficient (Wildman–Crippen LogP) is 3.66. The molecule has 0 bridgehead atoms. The Morgan fingerprint density at radius 2 is 1.65 bits per heavy atom. The third kappa shape index (κ3) is 3.65. The SMILES string of the molecule is C#Cc1c(C)c(C(=O)O)c(C)c(N(C)C(=O)OC(C)(C)C)c1C. The van der Waals surface area contributed by atoms with Crippen LogP contribution in [-0.2, 0) is 4.74 Å². The van der Waals surface area contributed by atoms with Gasteiger partial charge in [-0.3, -0.25) is 4.90 Å². The second-order valence-corrected chi connectivity index (χ2v) is 6.46. The van der Waals surface area contributed by atoms with Crippen LogP contribution < -0.4 is 4.90 Å². The topological polar surface area (TPSA) is 66.8 Å². The maximum atomic E-state index is 12.3. The number of hydrogen-bond donors (Lipinski definition) is 1. The van der Waals surface area contributed by atoms with Gasteiger partial charge in [-0.15, -0.1) is 6.42 Å². The van der Waals surface area contributed by atoms with Crippen molar-refractivity contribution in [3.63, 3.8) is 0 Å². The molecule has 0 unspecified atom stereocenters. The molecule has 0 aliphatic heterocycles. The van der Waals surface area contributed by atoms with Gasteiger partial charge in [0.25, 0.3) is 0 Å². The van der Waals surface area contributed by atoms with Crippen LogP contribution in [0.1, 0.15) is 53.4 Å². The van der Waals surface area contributed by atoms with Gasteiger partial charge in [-0.1, -0.05) is 5.92 Å². The van der Waals surface area contributed by atoms with Crippen LogP contribution in [0.4, 0.5) is 10.5 Å². The largest absolute Gasteiger partial charge is 0.478 e. The Bertz CT molecular complexity index is 705. The molecule has 124 valence electrons. The molecule has 1 aromatic rings. The number of carbonyl (C=O) groups excluding carboxylic acids is 1. The molecule has 0 fully saturated rings. The third-order valence-electron chi connectivity index (χ3n) is 3.57. The maximum Gasteiger partial charge on any atom is 0.414 e. The van der Waals surface area contributed by atoms with Crippen molar-refractivity contribution in [2.24, 2.45) is 0 Å². The molecule has 0 atom stereocenters. The molecular weight excluding hydrogens is 294 g/mol. The highest BCUT2D eigenvalue weighted by atomic mass is 16.6. The summed E-state index contributed by atoms with van der Waals surface area (Å²) in [5.74, 6) is 1.45. The fourth-order valence-corrected chi connectivity index (χ4v) is 2.67. The number of carboxylic acids is 1. The Morgan fingerprint density at radius 1 is 1.13 bits per heavy atom. The van der Waals surface area contributed by atoms with E-state index in [0.717, 1.165) is 0 Å². The van der Waals surface area contributed by atoms with Gasteiger partial charge >= 0.3 is 12.1 Å². The molecular formula is C18H23NO4. The molecule has 0 aromatic heterocycles. The lowest BCUT2D eigenvalue weighted by molar-refractivity contribution is 0.0586. The fraction of sp³-hybridized carbons (Fsp3) is 0.444. The summed E-state index contributed by atoms with van der Waals surface area (Å²) in [6.45, 7) is 10.4. The van der Waals surface area contributed by atoms with E-state index in [1.165, 1.54) is 4.90 Å². The van der Waals surface area contributed by atoms with E-state index in [0.29, 0.717) is 27.9 Å². The van der Waals surface area contributed by atoms with E-state index in [1.807, 2.05) is 0 Å². The number of ether oxygens (including phenoxy) is 1. The van der Waals surface area contributed by atoms with Crippen molar-refractivity contribution >= 4 is 17.7 Å². The van der Waals surface area contributed by atoms with Gasteiger partial charge in [0.2, 0.25) is 0 Å². The number of nitrogens with zero attached hydrogens (tertiary/aromatic N) is 1. The lowest BCUT2D eigenvalue weighted by Crippen LogP contribution is -2.35. The number of terminal acetylenes is 1. The minimum absolute atomic E-state index is 0.119. The Balaban J connectivity index is 3.59. The highest BCUT2D eigenvalue weighted by Gasteiger charge is 2.27. The number of aromatic carboxylic acids is 1. The Morgan fingerprint density at radius 3 is 2.04 bits per heavy atom. The van der Waals surface area contributed by atoms with Crippen molar-refractivity contribution in [1.29, 1.82) is 0 Å². The number of carbonyl (C=O) groups is 2. The normalized spacial score (nSPS) is 10.9. The van der Waals surface area contributed by atoms with Crippen molar-refractivity contribution in [2.45, 2.75) is 47.1 Å². The zero-order valence-corrected chi connectivity index (χ0v) is 14.7. The minimum atomic E-state index is -1.07. The first-order chi connectivity index (χ1) is 10.4. The van der Waals surface area contributed by atoms with E-state index in [1.54, 1.807) is 48.6 Å². The van der Waals surface area contributed by atoms with Gasteiger partial charge < -0.3 is 9.84 Å². The van der Waals surface area contributed by atoms with Crippen LogP contribution in [0.15, 0.2) is 0 Å². The Kier molecular flexibility index (Phi) is 5.11. The summed E-state index contributed by atoms with van der Waals surface area (Å²) in [5.41, 5.74) is 2.11. The first kappa shape index (κ1) is 18.6. The molecule has 0 saturated heterocycles. The zero-order chi connectivity index (χ0) is 18.1. The molecule has 23 heavy (non-hydrogen) atoms. The third-order valence-corrected chi connectivity index (χ3v) is 3.57. The average molecular weight is 317 g/mol. The molecule has 5 heteroatoms. The van der Waals surface area contributed by atoms with Gasteiger partial charge in [0.1, 0.15) is 5.60 Å². The summed E-state index contributed by atoms with van der Waals surface area (Å²) < 4.78 is 5.36. The van der Waals surface area contributed by atoms with Gasteiger partial charge in [0.05, 0.1) is 11.3 Å². The second kappa shape index (κ2) is 6.33. The number of rotatable bonds is 2. The van der Waals surface area contributed by atoms with Crippen LogP contribution in [0.2, 0.25) is 0 Å². The van der Waals surface area contributed by atoms with Gasteiger partial charge in [-0.25, -0.2) is 9.59 Å². The van der Waals surface area contributed by atoms with Crippen molar-refractivity contribution < 1.29 is 19.4 Å². The van der Waals surface area contributed by atoms with Crippen molar-refractivity contribution in [3.8, 4) is 12.3 Å². The number of amides is 1. The monoisotopic (exact) mass is 317 g/mol. The van der Waals surface area contributed by atoms with Crippen LogP contribution in [0.5, 0.6) is 0 Å². The van der Waals surface area contributed by atoms with E-state index < -0.39 is 17.7 Å². The first-order valence-corrected chi connectivity index (χ1v) is 7.22. The van der Waals surface area contributed by atoms with Crippen LogP contribution in [-0.4, -0.2) is 29.8 Å². The van der Waals surface area contributed by atoms with Crippen LogP contribution >= 0.6 is 0 Å². The predicted molar refractivity (Wildman–Crippen MR) is 90.2 cm³/mol. The van der Waals surface area contributed by atoms with Crippen LogP contribution in [0.3, 0.4) is 0 Å². The summed E-state index contributed by atoms with van der Waals surface area (Å²) in [4.78, 5) is 25.2. The smallest absolute Gasteiger partial charge is 0.414 e. The lowest BCUT2D eigenvalue weighted by Gasteiger charge is -2.28. The number of carboxylic acid groups (broad SMARTS) is 1. The molecule has 0 spiro atoms. The molecule has 5 nitrogen and oxygen atoms in total. The van der Waals surface area contributed by atoms with E-state index >= 15 is 0 Å². The molecule has 0 heterocycles. The fourth-order valence-electron chi connectivity index (χ4n) is 2.67. The average Bonchev–Trinajstić information content (AvgIpc) is 2.36. The Labute approximate surface area is 137 Å². The van der Waals surface area contributed by atoms with E-state index in [4.69, 9.17) is 11.2 Å². The van der Waals surface area contributed by atoms with E-state index in [9.17, 15) is 14.7 Å². The summed E-state index contributed by atoms with van der Waals surface area (Å²) in [7, 11) is 1.55. The highest BCUT2D eigenvalue weighted by Crippen LogP contribution is 2.33. The van der Waals surface area contributed by atoms with Crippen molar-refractivity contribution in [2.75, 3.05) is 11.9 Å². The molecule has 0 radical (unpaired) electrons. The number of benzene rings is 1. The summed E-state index contributed by atoms with van der Waals surface area (Å²) >= 11 is 0. The van der Waals surface area contributed by atoms with Gasteiger partial charge in [0.15, 0.2) is 0 Å². The number of hydrogen-bond acceptors (Lipinski definition) is 3. The molecule has 0 aliphatic rings. The van der Waals surface area contributed by atoms with Gasteiger partial charge in [-0.2, -0.15) is 0 Å². The second-order valence-electron chi connectivity index (χ2n) is 6.46. The minimum Gasteiger partial charge on any atom is -0.478 e. The summed E-state index contributed by atoms with van der Waals surface area (Å²) in [6, 6.07) is 0. The van der Waals surface area contributed by atoms with E-state index in [2.05, 4.69) is 5.92 Å². The maximum absolute atomic E-state index is 12.3. The molecule has 1 N–H and O–H groups in total. The van der Waals surface area contributed by atoms with Crippen molar-refractivity contribution in [3.05, 3.63) is 27.8 Å². The van der Waals surface area contributed by atoms with Crippen LogP contribution in [0.25, 0.3) is 0 Å². The standard InChI is InChI=1S/C18H23NO4/c1-9-13-10(2)14(16(20)21)12(4)15(11(13)3)19(8)17(22)23-18(5,6)7/h1H,2-8H3,(H,20,21). The number of anilines is 1.